The summed E-state index contributed by atoms with van der Waals surface area (Å²) in [6.45, 7) is 16.4. The molecule has 1 N–H and O–H groups in total. The Hall–Kier alpha value is -0.0800. The van der Waals surface area contributed by atoms with Crippen LogP contribution in [0.1, 0.15) is 73.6 Å². The Morgan fingerprint density at radius 3 is 2.38 bits per heavy atom. The van der Waals surface area contributed by atoms with Crippen LogP contribution in [0.15, 0.2) is 0 Å². The normalized spacial score (nSPS) is 28.9. The quantitative estimate of drug-likeness (QED) is 0.741. The van der Waals surface area contributed by atoms with Crippen molar-refractivity contribution in [1.29, 1.82) is 0 Å². The second-order valence-electron chi connectivity index (χ2n) is 8.37. The van der Waals surface area contributed by atoms with Crippen LogP contribution in [0.4, 0.5) is 0 Å². The SMILES string of the molecule is CCCC1CCC(NCC)C(CN(C)C(C)C(C)(C)C)C1. The molecule has 0 aliphatic heterocycles. The summed E-state index contributed by atoms with van der Waals surface area (Å²) in [7, 11) is 2.32. The third kappa shape index (κ3) is 5.90. The van der Waals surface area contributed by atoms with Crippen molar-refractivity contribution in [1.82, 2.24) is 10.2 Å². The molecule has 0 aromatic carbocycles. The van der Waals surface area contributed by atoms with Gasteiger partial charge in [0, 0.05) is 18.6 Å². The van der Waals surface area contributed by atoms with Gasteiger partial charge in [0.05, 0.1) is 0 Å². The lowest BCUT2D eigenvalue weighted by molar-refractivity contribution is 0.0878. The zero-order chi connectivity index (χ0) is 16.0. The molecule has 1 aliphatic carbocycles. The summed E-state index contributed by atoms with van der Waals surface area (Å²) < 4.78 is 0. The summed E-state index contributed by atoms with van der Waals surface area (Å²) >= 11 is 0. The van der Waals surface area contributed by atoms with Crippen LogP contribution in [-0.2, 0) is 0 Å². The highest BCUT2D eigenvalue weighted by molar-refractivity contribution is 4.88. The topological polar surface area (TPSA) is 15.3 Å². The lowest BCUT2D eigenvalue weighted by Gasteiger charge is -2.42. The van der Waals surface area contributed by atoms with Crippen LogP contribution in [0, 0.1) is 17.3 Å². The van der Waals surface area contributed by atoms with Crippen molar-refractivity contribution in [3.63, 3.8) is 0 Å². The fourth-order valence-corrected chi connectivity index (χ4v) is 3.95. The minimum atomic E-state index is 0.361. The van der Waals surface area contributed by atoms with Gasteiger partial charge in [0.15, 0.2) is 0 Å². The smallest absolute Gasteiger partial charge is 0.0112 e. The van der Waals surface area contributed by atoms with E-state index < -0.39 is 0 Å². The predicted molar refractivity (Wildman–Crippen MR) is 94.8 cm³/mol. The first-order valence-corrected chi connectivity index (χ1v) is 9.23. The van der Waals surface area contributed by atoms with Crippen LogP contribution < -0.4 is 5.32 Å². The summed E-state index contributed by atoms with van der Waals surface area (Å²) in [4.78, 5) is 2.60. The Balaban J connectivity index is 2.64. The van der Waals surface area contributed by atoms with E-state index in [0.29, 0.717) is 11.5 Å². The number of rotatable bonds is 7. The molecule has 0 saturated heterocycles. The molecule has 4 atom stereocenters. The van der Waals surface area contributed by atoms with Gasteiger partial charge in [-0.25, -0.2) is 0 Å². The van der Waals surface area contributed by atoms with E-state index in [-0.39, 0.29) is 0 Å². The minimum Gasteiger partial charge on any atom is -0.314 e. The molecule has 0 aromatic rings. The van der Waals surface area contributed by atoms with E-state index in [1.807, 2.05) is 0 Å². The van der Waals surface area contributed by atoms with Gasteiger partial charge in [-0.15, -0.1) is 0 Å². The predicted octanol–water partition coefficient (Wildman–Crippen LogP) is 4.55. The fourth-order valence-electron chi connectivity index (χ4n) is 3.95. The summed E-state index contributed by atoms with van der Waals surface area (Å²) in [6.07, 6.45) is 7.00. The Morgan fingerprint density at radius 2 is 1.86 bits per heavy atom. The van der Waals surface area contributed by atoms with E-state index in [1.54, 1.807) is 0 Å². The molecule has 0 aromatic heterocycles. The molecule has 1 aliphatic rings. The monoisotopic (exact) mass is 296 g/mol. The lowest BCUT2D eigenvalue weighted by Crippen LogP contribution is -2.48. The van der Waals surface area contributed by atoms with Crippen molar-refractivity contribution in [3.05, 3.63) is 0 Å². The molecular weight excluding hydrogens is 256 g/mol. The maximum atomic E-state index is 3.75. The molecule has 2 nitrogen and oxygen atoms in total. The molecule has 126 valence electrons. The van der Waals surface area contributed by atoms with Crippen molar-refractivity contribution < 1.29 is 0 Å². The van der Waals surface area contributed by atoms with Crippen LogP contribution in [0.25, 0.3) is 0 Å². The molecule has 4 unspecified atom stereocenters. The maximum absolute atomic E-state index is 3.75. The van der Waals surface area contributed by atoms with Crippen LogP contribution in [-0.4, -0.2) is 37.1 Å². The van der Waals surface area contributed by atoms with Crippen molar-refractivity contribution in [2.75, 3.05) is 20.1 Å². The van der Waals surface area contributed by atoms with Gasteiger partial charge < -0.3 is 10.2 Å². The maximum Gasteiger partial charge on any atom is 0.0112 e. The van der Waals surface area contributed by atoms with Crippen LogP contribution >= 0.6 is 0 Å². The molecule has 0 amide bonds. The van der Waals surface area contributed by atoms with Crippen molar-refractivity contribution in [3.8, 4) is 0 Å². The molecule has 0 radical (unpaired) electrons. The first-order valence-electron chi connectivity index (χ1n) is 9.23. The number of nitrogens with zero attached hydrogens (tertiary/aromatic N) is 1. The number of hydrogen-bond acceptors (Lipinski definition) is 2. The van der Waals surface area contributed by atoms with Gasteiger partial charge >= 0.3 is 0 Å². The molecule has 1 saturated carbocycles. The third-order valence-electron chi connectivity index (χ3n) is 5.69. The standard InChI is InChI=1S/C19H40N2/c1-8-10-16-11-12-18(20-9-2)17(13-16)14-21(7)15(3)19(4,5)6/h15-18,20H,8-14H2,1-7H3. The van der Waals surface area contributed by atoms with Crippen molar-refractivity contribution in [2.45, 2.75) is 85.7 Å². The summed E-state index contributed by atoms with van der Waals surface area (Å²) in [5.74, 6) is 1.79. The van der Waals surface area contributed by atoms with Gasteiger partial charge in [0.1, 0.15) is 0 Å². The summed E-state index contributed by atoms with van der Waals surface area (Å²) in [5.41, 5.74) is 0.361. The molecule has 0 spiro atoms. The first-order chi connectivity index (χ1) is 9.79. The molecule has 0 bridgehead atoms. The van der Waals surface area contributed by atoms with Crippen LogP contribution in [0.5, 0.6) is 0 Å². The summed E-state index contributed by atoms with van der Waals surface area (Å²) in [5, 5.41) is 3.75. The van der Waals surface area contributed by atoms with Gasteiger partial charge in [-0.05, 0) is 57.0 Å². The molecule has 21 heavy (non-hydrogen) atoms. The van der Waals surface area contributed by atoms with E-state index in [9.17, 15) is 0 Å². The average molecular weight is 297 g/mol. The molecular formula is C19H40N2. The minimum absolute atomic E-state index is 0.361. The van der Waals surface area contributed by atoms with Crippen molar-refractivity contribution in [2.24, 2.45) is 17.3 Å². The fraction of sp³-hybridized carbons (Fsp3) is 1.00. The van der Waals surface area contributed by atoms with Gasteiger partial charge in [-0.1, -0.05) is 47.5 Å². The summed E-state index contributed by atoms with van der Waals surface area (Å²) in [6, 6.07) is 1.36. The van der Waals surface area contributed by atoms with Gasteiger partial charge in [0.25, 0.3) is 0 Å². The van der Waals surface area contributed by atoms with E-state index in [4.69, 9.17) is 0 Å². The highest BCUT2D eigenvalue weighted by atomic mass is 15.1. The Morgan fingerprint density at radius 1 is 1.19 bits per heavy atom. The number of nitrogens with one attached hydrogen (secondary N) is 1. The number of hydrogen-bond donors (Lipinski definition) is 1. The Bertz CT molecular complexity index is 282. The van der Waals surface area contributed by atoms with E-state index in [2.05, 4.69) is 58.8 Å². The molecule has 1 rings (SSSR count). The first kappa shape index (κ1) is 19.0. The molecule has 0 heterocycles. The second-order valence-corrected chi connectivity index (χ2v) is 8.37. The highest BCUT2D eigenvalue weighted by Gasteiger charge is 2.32. The van der Waals surface area contributed by atoms with E-state index >= 15 is 0 Å². The second kappa shape index (κ2) is 8.53. The lowest BCUT2D eigenvalue weighted by atomic mass is 9.75. The van der Waals surface area contributed by atoms with Crippen LogP contribution in [0.3, 0.4) is 0 Å². The largest absolute Gasteiger partial charge is 0.314 e. The Labute approximate surface area is 134 Å². The van der Waals surface area contributed by atoms with Gasteiger partial charge in [0.2, 0.25) is 0 Å². The highest BCUT2D eigenvalue weighted by Crippen LogP contribution is 2.34. The average Bonchev–Trinajstić information content (AvgIpc) is 2.40. The molecule has 1 fully saturated rings. The van der Waals surface area contributed by atoms with Crippen molar-refractivity contribution >= 4 is 0 Å². The third-order valence-corrected chi connectivity index (χ3v) is 5.69. The molecule has 2 heteroatoms. The van der Waals surface area contributed by atoms with E-state index in [1.165, 1.54) is 38.6 Å². The van der Waals surface area contributed by atoms with E-state index in [0.717, 1.165) is 24.4 Å². The Kier molecular flexibility index (Phi) is 7.70. The zero-order valence-electron chi connectivity index (χ0n) is 15.7. The van der Waals surface area contributed by atoms with Gasteiger partial charge in [-0.2, -0.15) is 0 Å². The zero-order valence-corrected chi connectivity index (χ0v) is 15.7. The van der Waals surface area contributed by atoms with Gasteiger partial charge in [-0.3, -0.25) is 0 Å². The van der Waals surface area contributed by atoms with Crippen LogP contribution in [0.2, 0.25) is 0 Å².